The monoisotopic (exact) mass is 278 g/mol. The molecular formula is C14H22N4O2. The van der Waals surface area contributed by atoms with Gasteiger partial charge in [-0.15, -0.1) is 0 Å². The van der Waals surface area contributed by atoms with E-state index in [1.54, 1.807) is 11.6 Å². The standard InChI is InChI=1S/C14H22N4O2/c1-5-18-12(11(16)10(2)17-18)13(19)20-8-6-7-14(3,4)9-15/h5-8,16H2,1-4H3. The Labute approximate surface area is 119 Å². The molecule has 0 saturated heterocycles. The van der Waals surface area contributed by atoms with E-state index in [1.165, 1.54) is 0 Å². The number of esters is 1. The number of aryl methyl sites for hydroxylation is 2. The smallest absolute Gasteiger partial charge is 0.358 e. The van der Waals surface area contributed by atoms with Crippen LogP contribution in [0.2, 0.25) is 0 Å². The van der Waals surface area contributed by atoms with Crippen LogP contribution in [0.5, 0.6) is 0 Å². The van der Waals surface area contributed by atoms with Crippen molar-refractivity contribution in [2.24, 2.45) is 5.41 Å². The molecule has 0 atom stereocenters. The molecule has 2 N–H and O–H groups in total. The third kappa shape index (κ3) is 3.73. The van der Waals surface area contributed by atoms with Crippen molar-refractivity contribution in [3.63, 3.8) is 0 Å². The molecule has 0 saturated carbocycles. The maximum absolute atomic E-state index is 12.0. The molecule has 0 radical (unpaired) electrons. The molecule has 1 rings (SSSR count). The summed E-state index contributed by atoms with van der Waals surface area (Å²) < 4.78 is 6.76. The van der Waals surface area contributed by atoms with Crippen molar-refractivity contribution in [2.75, 3.05) is 12.3 Å². The Morgan fingerprint density at radius 3 is 2.75 bits per heavy atom. The van der Waals surface area contributed by atoms with Gasteiger partial charge in [-0.2, -0.15) is 10.4 Å². The van der Waals surface area contributed by atoms with Gasteiger partial charge in [0, 0.05) is 6.54 Å². The highest BCUT2D eigenvalue weighted by molar-refractivity contribution is 5.93. The predicted octanol–water partition coefficient (Wildman–Crippen LogP) is 2.28. The molecule has 0 bridgehead atoms. The molecule has 1 aromatic rings. The first kappa shape index (κ1) is 16.0. The van der Waals surface area contributed by atoms with Crippen LogP contribution >= 0.6 is 0 Å². The Balaban J connectivity index is 2.59. The zero-order valence-electron chi connectivity index (χ0n) is 12.6. The fourth-order valence-corrected chi connectivity index (χ4v) is 1.84. The molecule has 0 aliphatic carbocycles. The van der Waals surface area contributed by atoms with Gasteiger partial charge in [-0.3, -0.25) is 4.68 Å². The van der Waals surface area contributed by atoms with Crippen LogP contribution < -0.4 is 5.73 Å². The molecule has 0 amide bonds. The second-order valence-corrected chi connectivity index (χ2v) is 5.40. The number of anilines is 1. The highest BCUT2D eigenvalue weighted by atomic mass is 16.5. The number of carbonyl (C=O) groups excluding carboxylic acids is 1. The van der Waals surface area contributed by atoms with Gasteiger partial charge >= 0.3 is 5.97 Å². The first-order valence-electron chi connectivity index (χ1n) is 6.73. The fourth-order valence-electron chi connectivity index (χ4n) is 1.84. The van der Waals surface area contributed by atoms with E-state index in [-0.39, 0.29) is 6.61 Å². The van der Waals surface area contributed by atoms with Crippen molar-refractivity contribution in [1.82, 2.24) is 9.78 Å². The molecule has 6 heteroatoms. The lowest BCUT2D eigenvalue weighted by atomic mass is 9.90. The summed E-state index contributed by atoms with van der Waals surface area (Å²) in [6.07, 6.45) is 1.32. The largest absolute Gasteiger partial charge is 0.461 e. The van der Waals surface area contributed by atoms with Gasteiger partial charge in [0.2, 0.25) is 0 Å². The molecule has 1 heterocycles. The molecular weight excluding hydrogens is 256 g/mol. The highest BCUT2D eigenvalue weighted by Gasteiger charge is 2.21. The third-order valence-corrected chi connectivity index (χ3v) is 3.15. The maximum Gasteiger partial charge on any atom is 0.358 e. The van der Waals surface area contributed by atoms with Gasteiger partial charge in [0.05, 0.1) is 29.5 Å². The highest BCUT2D eigenvalue weighted by Crippen LogP contribution is 2.21. The Morgan fingerprint density at radius 2 is 2.20 bits per heavy atom. The summed E-state index contributed by atoms with van der Waals surface area (Å²) in [6.45, 7) is 8.21. The van der Waals surface area contributed by atoms with Gasteiger partial charge in [-0.1, -0.05) is 0 Å². The number of rotatable bonds is 6. The number of nitriles is 1. The number of aromatic nitrogens is 2. The first-order valence-corrected chi connectivity index (χ1v) is 6.73. The molecule has 0 aromatic carbocycles. The maximum atomic E-state index is 12.0. The van der Waals surface area contributed by atoms with Crippen molar-refractivity contribution in [1.29, 1.82) is 5.26 Å². The third-order valence-electron chi connectivity index (χ3n) is 3.15. The number of hydrogen-bond donors (Lipinski definition) is 1. The minimum Gasteiger partial charge on any atom is -0.461 e. The van der Waals surface area contributed by atoms with Crippen LogP contribution in [0.25, 0.3) is 0 Å². The van der Waals surface area contributed by atoms with Gasteiger partial charge in [0.1, 0.15) is 0 Å². The SMILES string of the molecule is CCn1nc(C)c(N)c1C(=O)OCCCC(C)(C)C#N. The van der Waals surface area contributed by atoms with Crippen LogP contribution in [-0.2, 0) is 11.3 Å². The molecule has 0 aliphatic heterocycles. The number of hydrogen-bond acceptors (Lipinski definition) is 5. The average molecular weight is 278 g/mol. The fraction of sp³-hybridized carbons (Fsp3) is 0.643. The lowest BCUT2D eigenvalue weighted by Gasteiger charge is -2.14. The summed E-state index contributed by atoms with van der Waals surface area (Å²) in [5.41, 5.74) is 6.76. The van der Waals surface area contributed by atoms with E-state index in [0.29, 0.717) is 36.5 Å². The van der Waals surface area contributed by atoms with Gasteiger partial charge in [0.15, 0.2) is 5.69 Å². The Bertz CT molecular complexity index is 526. The molecule has 0 unspecified atom stereocenters. The summed E-state index contributed by atoms with van der Waals surface area (Å²) >= 11 is 0. The van der Waals surface area contributed by atoms with Crippen LogP contribution in [0.1, 0.15) is 49.8 Å². The van der Waals surface area contributed by atoms with Gasteiger partial charge in [-0.05, 0) is 40.5 Å². The van der Waals surface area contributed by atoms with Crippen LogP contribution in [0.4, 0.5) is 5.69 Å². The number of ether oxygens (including phenoxy) is 1. The summed E-state index contributed by atoms with van der Waals surface area (Å²) in [4.78, 5) is 12.0. The van der Waals surface area contributed by atoms with Crippen LogP contribution in [0.3, 0.4) is 0 Å². The van der Waals surface area contributed by atoms with E-state index in [1.807, 2.05) is 20.8 Å². The van der Waals surface area contributed by atoms with Crippen molar-refractivity contribution in [3.05, 3.63) is 11.4 Å². The molecule has 0 spiro atoms. The lowest BCUT2D eigenvalue weighted by Crippen LogP contribution is -2.16. The van der Waals surface area contributed by atoms with E-state index in [4.69, 9.17) is 15.7 Å². The van der Waals surface area contributed by atoms with E-state index in [2.05, 4.69) is 11.2 Å². The van der Waals surface area contributed by atoms with Gasteiger partial charge in [-0.25, -0.2) is 4.79 Å². The normalized spacial score (nSPS) is 11.2. The second-order valence-electron chi connectivity index (χ2n) is 5.40. The molecule has 110 valence electrons. The van der Waals surface area contributed by atoms with E-state index >= 15 is 0 Å². The Kier molecular flexibility index (Phi) is 5.14. The van der Waals surface area contributed by atoms with Crippen molar-refractivity contribution in [2.45, 2.75) is 47.1 Å². The summed E-state index contributed by atoms with van der Waals surface area (Å²) in [7, 11) is 0. The second kappa shape index (κ2) is 6.42. The molecule has 20 heavy (non-hydrogen) atoms. The Hall–Kier alpha value is -2.03. The zero-order chi connectivity index (χ0) is 15.3. The molecule has 1 aromatic heterocycles. The summed E-state index contributed by atoms with van der Waals surface area (Å²) in [6, 6.07) is 2.22. The van der Waals surface area contributed by atoms with E-state index in [0.717, 1.165) is 0 Å². The summed E-state index contributed by atoms with van der Waals surface area (Å²) in [5, 5.41) is 13.1. The quantitative estimate of drug-likeness (QED) is 0.636. The number of carbonyl (C=O) groups is 1. The molecule has 6 nitrogen and oxygen atoms in total. The molecule has 0 fully saturated rings. The van der Waals surface area contributed by atoms with E-state index < -0.39 is 11.4 Å². The van der Waals surface area contributed by atoms with E-state index in [9.17, 15) is 4.79 Å². The summed E-state index contributed by atoms with van der Waals surface area (Å²) in [5.74, 6) is -0.459. The van der Waals surface area contributed by atoms with Crippen LogP contribution in [0.15, 0.2) is 0 Å². The van der Waals surface area contributed by atoms with Crippen LogP contribution in [-0.4, -0.2) is 22.4 Å². The topological polar surface area (TPSA) is 93.9 Å². The average Bonchev–Trinajstić information content (AvgIpc) is 2.70. The minimum absolute atomic E-state index is 0.275. The number of nitrogens with zero attached hydrogens (tertiary/aromatic N) is 3. The van der Waals surface area contributed by atoms with Crippen LogP contribution in [0, 0.1) is 23.7 Å². The van der Waals surface area contributed by atoms with Crippen molar-refractivity contribution in [3.8, 4) is 6.07 Å². The Morgan fingerprint density at radius 1 is 1.55 bits per heavy atom. The number of nitrogens with two attached hydrogens (primary N) is 1. The lowest BCUT2D eigenvalue weighted by molar-refractivity contribution is 0.0478. The van der Waals surface area contributed by atoms with Crippen molar-refractivity contribution < 1.29 is 9.53 Å². The zero-order valence-corrected chi connectivity index (χ0v) is 12.6. The first-order chi connectivity index (χ1) is 9.32. The van der Waals surface area contributed by atoms with Gasteiger partial charge in [0.25, 0.3) is 0 Å². The van der Waals surface area contributed by atoms with Crippen molar-refractivity contribution >= 4 is 11.7 Å². The van der Waals surface area contributed by atoms with Gasteiger partial charge < -0.3 is 10.5 Å². The predicted molar refractivity (Wildman–Crippen MR) is 76.0 cm³/mol. The minimum atomic E-state index is -0.459. The molecule has 0 aliphatic rings. The number of nitrogen functional groups attached to an aromatic ring is 1.